The zero-order valence-corrected chi connectivity index (χ0v) is 7.82. The van der Waals surface area contributed by atoms with Crippen molar-refractivity contribution in [2.45, 2.75) is 6.36 Å². The molecule has 0 spiro atoms. The zero-order chi connectivity index (χ0) is 11.8. The van der Waals surface area contributed by atoms with Gasteiger partial charge in [0.05, 0.1) is 10.9 Å². The number of halogens is 3. The van der Waals surface area contributed by atoms with Crippen LogP contribution in [-0.2, 0) is 0 Å². The molecule has 1 heterocycles. The summed E-state index contributed by atoms with van der Waals surface area (Å²) in [6, 6.07) is 4.11. The van der Waals surface area contributed by atoms with Crippen molar-refractivity contribution < 1.29 is 17.9 Å². The maximum absolute atomic E-state index is 12.1. The van der Waals surface area contributed by atoms with Crippen LogP contribution in [0.2, 0.25) is 0 Å². The molecule has 0 fully saturated rings. The summed E-state index contributed by atoms with van der Waals surface area (Å²) in [6.45, 7) is 0. The number of aromatic nitrogens is 2. The van der Waals surface area contributed by atoms with Gasteiger partial charge in [0, 0.05) is 6.20 Å². The monoisotopic (exact) mass is 229 g/mol. The van der Waals surface area contributed by atoms with Gasteiger partial charge in [-0.15, -0.1) is 13.2 Å². The second kappa shape index (κ2) is 3.51. The molecule has 0 aliphatic rings. The maximum Gasteiger partial charge on any atom is 0.573 e. The van der Waals surface area contributed by atoms with Crippen molar-refractivity contribution in [3.63, 3.8) is 0 Å². The Hall–Kier alpha value is -2.05. The van der Waals surface area contributed by atoms with Crippen molar-refractivity contribution in [1.29, 1.82) is 0 Å². The standard InChI is InChI=1S/C9H6F3N3O/c10-9(11,12)16-7-3-1-2-6-5(7)4-14-8(13)15-6/h1-4H,(H2,13,14,15). The predicted octanol–water partition coefficient (Wildman–Crippen LogP) is 2.11. The van der Waals surface area contributed by atoms with Gasteiger partial charge in [-0.2, -0.15) is 0 Å². The Labute approximate surface area is 87.9 Å². The van der Waals surface area contributed by atoms with Crippen molar-refractivity contribution in [2.24, 2.45) is 0 Å². The number of nitrogens with zero attached hydrogens (tertiary/aromatic N) is 2. The molecule has 1 aromatic carbocycles. The lowest BCUT2D eigenvalue weighted by atomic mass is 10.2. The SMILES string of the molecule is Nc1ncc2c(OC(F)(F)F)cccc2n1. The molecule has 0 unspecified atom stereocenters. The number of nitrogens with two attached hydrogens (primary N) is 1. The molecule has 4 nitrogen and oxygen atoms in total. The lowest BCUT2D eigenvalue weighted by molar-refractivity contribution is -0.274. The maximum atomic E-state index is 12.1. The van der Waals surface area contributed by atoms with Gasteiger partial charge in [0.15, 0.2) is 0 Å². The highest BCUT2D eigenvalue weighted by Crippen LogP contribution is 2.29. The molecule has 0 saturated heterocycles. The molecule has 0 aliphatic heterocycles. The van der Waals surface area contributed by atoms with Gasteiger partial charge in [-0.3, -0.25) is 0 Å². The zero-order valence-electron chi connectivity index (χ0n) is 7.82. The highest BCUT2D eigenvalue weighted by atomic mass is 19.4. The number of anilines is 1. The van der Waals surface area contributed by atoms with Gasteiger partial charge >= 0.3 is 6.36 Å². The molecule has 0 amide bonds. The second-order valence-electron chi connectivity index (χ2n) is 2.96. The third kappa shape index (κ3) is 2.13. The third-order valence-electron chi connectivity index (χ3n) is 1.83. The van der Waals surface area contributed by atoms with Gasteiger partial charge in [-0.05, 0) is 12.1 Å². The minimum absolute atomic E-state index is 0.00309. The van der Waals surface area contributed by atoms with E-state index in [2.05, 4.69) is 14.7 Å². The van der Waals surface area contributed by atoms with E-state index in [0.29, 0.717) is 5.52 Å². The molecule has 16 heavy (non-hydrogen) atoms. The third-order valence-corrected chi connectivity index (χ3v) is 1.83. The van der Waals surface area contributed by atoms with Crippen LogP contribution < -0.4 is 10.5 Å². The Bertz CT molecular complexity index is 527. The average Bonchev–Trinajstić information content (AvgIpc) is 2.15. The fourth-order valence-electron chi connectivity index (χ4n) is 1.26. The van der Waals surface area contributed by atoms with Gasteiger partial charge in [0.1, 0.15) is 5.75 Å². The summed E-state index contributed by atoms with van der Waals surface area (Å²) in [5.41, 5.74) is 5.62. The van der Waals surface area contributed by atoms with Crippen LogP contribution in [-0.4, -0.2) is 16.3 Å². The van der Waals surface area contributed by atoms with E-state index < -0.39 is 6.36 Å². The van der Waals surface area contributed by atoms with Crippen molar-refractivity contribution in [3.8, 4) is 5.75 Å². The molecule has 84 valence electrons. The first-order valence-electron chi connectivity index (χ1n) is 4.23. The average molecular weight is 229 g/mol. The normalized spacial score (nSPS) is 11.7. The summed E-state index contributed by atoms with van der Waals surface area (Å²) in [5.74, 6) is -0.346. The number of nitrogen functional groups attached to an aromatic ring is 1. The molecular formula is C9H6F3N3O. The molecule has 2 rings (SSSR count). The Balaban J connectivity index is 2.54. The van der Waals surface area contributed by atoms with Crippen LogP contribution in [0.3, 0.4) is 0 Å². The van der Waals surface area contributed by atoms with Gasteiger partial charge in [-0.25, -0.2) is 9.97 Å². The van der Waals surface area contributed by atoms with Gasteiger partial charge < -0.3 is 10.5 Å². The van der Waals surface area contributed by atoms with E-state index in [9.17, 15) is 13.2 Å². The largest absolute Gasteiger partial charge is 0.573 e. The van der Waals surface area contributed by atoms with Crippen LogP contribution >= 0.6 is 0 Å². The van der Waals surface area contributed by atoms with E-state index in [-0.39, 0.29) is 17.1 Å². The van der Waals surface area contributed by atoms with Crippen LogP contribution in [0.4, 0.5) is 19.1 Å². The Morgan fingerprint density at radius 1 is 1.25 bits per heavy atom. The first kappa shape index (κ1) is 10.5. The van der Waals surface area contributed by atoms with E-state index in [1.807, 2.05) is 0 Å². The Kier molecular flexibility index (Phi) is 2.30. The first-order chi connectivity index (χ1) is 7.46. The fourth-order valence-corrected chi connectivity index (χ4v) is 1.26. The number of alkyl halides is 3. The number of ether oxygens (including phenoxy) is 1. The van der Waals surface area contributed by atoms with E-state index in [1.165, 1.54) is 24.4 Å². The summed E-state index contributed by atoms with van der Waals surface area (Å²) in [7, 11) is 0. The Morgan fingerprint density at radius 2 is 2.00 bits per heavy atom. The summed E-state index contributed by atoms with van der Waals surface area (Å²) in [6.07, 6.45) is -3.55. The van der Waals surface area contributed by atoms with Crippen molar-refractivity contribution in [1.82, 2.24) is 9.97 Å². The summed E-state index contributed by atoms with van der Waals surface area (Å²) in [5, 5.41) is 0.161. The predicted molar refractivity (Wildman–Crippen MR) is 50.6 cm³/mol. The second-order valence-corrected chi connectivity index (χ2v) is 2.96. The minimum atomic E-state index is -4.74. The fraction of sp³-hybridized carbons (Fsp3) is 0.111. The molecule has 7 heteroatoms. The number of fused-ring (bicyclic) bond motifs is 1. The molecule has 0 bridgehead atoms. The number of hydrogen-bond acceptors (Lipinski definition) is 4. The smallest absolute Gasteiger partial charge is 0.405 e. The highest BCUT2D eigenvalue weighted by Gasteiger charge is 2.31. The molecule has 2 aromatic rings. The van der Waals surface area contributed by atoms with Gasteiger partial charge in [0.25, 0.3) is 0 Å². The lowest BCUT2D eigenvalue weighted by Crippen LogP contribution is -2.17. The van der Waals surface area contributed by atoms with Crippen LogP contribution in [0.15, 0.2) is 24.4 Å². The van der Waals surface area contributed by atoms with Crippen LogP contribution in [0.5, 0.6) is 5.75 Å². The van der Waals surface area contributed by atoms with Crippen molar-refractivity contribution in [2.75, 3.05) is 5.73 Å². The first-order valence-corrected chi connectivity index (χ1v) is 4.23. The summed E-state index contributed by atoms with van der Waals surface area (Å²) in [4.78, 5) is 7.40. The van der Waals surface area contributed by atoms with Gasteiger partial charge in [-0.1, -0.05) is 6.07 Å². The van der Waals surface area contributed by atoms with Crippen LogP contribution in [0.1, 0.15) is 0 Å². The lowest BCUT2D eigenvalue weighted by Gasteiger charge is -2.10. The summed E-state index contributed by atoms with van der Waals surface area (Å²) < 4.78 is 40.0. The molecule has 0 atom stereocenters. The molecule has 0 radical (unpaired) electrons. The minimum Gasteiger partial charge on any atom is -0.405 e. The van der Waals surface area contributed by atoms with Crippen LogP contribution in [0.25, 0.3) is 10.9 Å². The molecule has 1 aromatic heterocycles. The van der Waals surface area contributed by atoms with Crippen LogP contribution in [0, 0.1) is 0 Å². The highest BCUT2D eigenvalue weighted by molar-refractivity contribution is 5.84. The van der Waals surface area contributed by atoms with E-state index in [0.717, 1.165) is 0 Å². The van der Waals surface area contributed by atoms with Crippen molar-refractivity contribution in [3.05, 3.63) is 24.4 Å². The number of benzene rings is 1. The quantitative estimate of drug-likeness (QED) is 0.813. The van der Waals surface area contributed by atoms with Gasteiger partial charge in [0.2, 0.25) is 5.95 Å². The number of hydrogen-bond donors (Lipinski definition) is 1. The molecule has 0 saturated carbocycles. The topological polar surface area (TPSA) is 61.0 Å². The molecular weight excluding hydrogens is 223 g/mol. The molecule has 2 N–H and O–H groups in total. The van der Waals surface area contributed by atoms with E-state index >= 15 is 0 Å². The molecule has 0 aliphatic carbocycles. The van der Waals surface area contributed by atoms with Crippen molar-refractivity contribution >= 4 is 16.9 Å². The number of rotatable bonds is 1. The van der Waals surface area contributed by atoms with E-state index in [1.54, 1.807) is 0 Å². The Morgan fingerprint density at radius 3 is 2.69 bits per heavy atom. The van der Waals surface area contributed by atoms with E-state index in [4.69, 9.17) is 5.73 Å². The summed E-state index contributed by atoms with van der Waals surface area (Å²) >= 11 is 0.